The number of carbonyl (C=O) groups excluding carboxylic acids is 2. The molecule has 2 heterocycles. The number of unbranched alkanes of at least 4 members (excludes halogenated alkanes) is 1. The molecule has 1 aromatic heterocycles. The SMILES string of the molecule is N#Cc1cnc(NC(=O)[C@H]2[C@H](C(=O)NCCCCN3CCCC3)[C@H]3C=C[C@H]2C32CC2)s1. The Labute approximate surface area is 186 Å². The van der Waals surface area contributed by atoms with Gasteiger partial charge in [-0.15, -0.1) is 0 Å². The van der Waals surface area contributed by atoms with Gasteiger partial charge < -0.3 is 15.5 Å². The summed E-state index contributed by atoms with van der Waals surface area (Å²) < 4.78 is 0. The van der Waals surface area contributed by atoms with Crippen LogP contribution >= 0.6 is 11.3 Å². The number of amides is 2. The minimum Gasteiger partial charge on any atom is -0.356 e. The van der Waals surface area contributed by atoms with Crippen molar-refractivity contribution in [2.75, 3.05) is 31.5 Å². The van der Waals surface area contributed by atoms with E-state index in [4.69, 9.17) is 5.26 Å². The van der Waals surface area contributed by atoms with Crippen molar-refractivity contribution < 1.29 is 9.59 Å². The lowest BCUT2D eigenvalue weighted by Gasteiger charge is -2.26. The molecule has 0 aromatic carbocycles. The molecule has 1 aliphatic heterocycles. The smallest absolute Gasteiger partial charge is 0.230 e. The summed E-state index contributed by atoms with van der Waals surface area (Å²) in [4.78, 5) is 33.5. The van der Waals surface area contributed by atoms with Crippen LogP contribution in [0.3, 0.4) is 0 Å². The lowest BCUT2D eigenvalue weighted by molar-refractivity contribution is -0.132. The first-order valence-electron chi connectivity index (χ1n) is 11.5. The van der Waals surface area contributed by atoms with Gasteiger partial charge in [0.05, 0.1) is 18.0 Å². The first kappa shape index (κ1) is 20.7. The zero-order valence-electron chi connectivity index (χ0n) is 17.7. The second-order valence-corrected chi connectivity index (χ2v) is 10.4. The molecule has 1 spiro atoms. The topological polar surface area (TPSA) is 98.1 Å². The van der Waals surface area contributed by atoms with Crippen molar-refractivity contribution in [1.29, 1.82) is 5.26 Å². The van der Waals surface area contributed by atoms with E-state index in [1.807, 2.05) is 6.07 Å². The van der Waals surface area contributed by atoms with E-state index in [1.165, 1.54) is 43.5 Å². The van der Waals surface area contributed by atoms with Crippen LogP contribution < -0.4 is 10.6 Å². The molecule has 3 fully saturated rings. The molecule has 3 aliphatic carbocycles. The van der Waals surface area contributed by atoms with Crippen LogP contribution in [0.2, 0.25) is 0 Å². The number of allylic oxidation sites excluding steroid dienone is 2. The van der Waals surface area contributed by atoms with E-state index in [2.05, 4.69) is 32.7 Å². The Balaban J connectivity index is 1.20. The molecule has 4 aliphatic rings. The van der Waals surface area contributed by atoms with Gasteiger partial charge in [0.15, 0.2) is 5.13 Å². The number of anilines is 1. The van der Waals surface area contributed by atoms with Gasteiger partial charge in [-0.25, -0.2) is 4.98 Å². The first-order valence-corrected chi connectivity index (χ1v) is 12.3. The standard InChI is InChI=1S/C23H29N5O2S/c24-13-15-14-26-22(31-15)27-21(30)19-17-6-5-16(23(17)7-8-23)18(19)20(29)25-9-1-2-10-28-11-3-4-12-28/h5-6,14,16-19H,1-4,7-12H2,(H,25,29)(H,26,27,30)/t16-,17-,18-,19-/m1/s1. The largest absolute Gasteiger partial charge is 0.356 e. The third-order valence-electron chi connectivity index (χ3n) is 7.69. The average molecular weight is 440 g/mol. The molecule has 2 amide bonds. The Morgan fingerprint density at radius 3 is 2.52 bits per heavy atom. The molecule has 1 aromatic rings. The number of carbonyl (C=O) groups is 2. The van der Waals surface area contributed by atoms with E-state index >= 15 is 0 Å². The second-order valence-electron chi connectivity index (χ2n) is 9.40. The second kappa shape index (κ2) is 8.36. The summed E-state index contributed by atoms with van der Waals surface area (Å²) in [5.74, 6) is -0.525. The number of hydrogen-bond acceptors (Lipinski definition) is 6. The number of likely N-dealkylation sites (tertiary alicyclic amines) is 1. The van der Waals surface area contributed by atoms with Crippen LogP contribution in [0.1, 0.15) is 43.4 Å². The third-order valence-corrected chi connectivity index (χ3v) is 8.51. The maximum atomic E-state index is 13.2. The van der Waals surface area contributed by atoms with Crippen LogP contribution in [0.5, 0.6) is 0 Å². The number of hydrogen-bond donors (Lipinski definition) is 2. The van der Waals surface area contributed by atoms with Crippen molar-refractivity contribution >= 4 is 28.3 Å². The molecule has 31 heavy (non-hydrogen) atoms. The van der Waals surface area contributed by atoms with E-state index in [9.17, 15) is 9.59 Å². The van der Waals surface area contributed by atoms with E-state index in [-0.39, 0.29) is 40.9 Å². The monoisotopic (exact) mass is 439 g/mol. The number of rotatable bonds is 8. The Morgan fingerprint density at radius 1 is 1.16 bits per heavy atom. The van der Waals surface area contributed by atoms with Crippen molar-refractivity contribution in [2.24, 2.45) is 29.1 Å². The van der Waals surface area contributed by atoms with Gasteiger partial charge in [-0.05, 0) is 75.4 Å². The Morgan fingerprint density at radius 2 is 1.87 bits per heavy atom. The third kappa shape index (κ3) is 3.79. The summed E-state index contributed by atoms with van der Waals surface area (Å²) in [6, 6.07) is 2.04. The summed E-state index contributed by atoms with van der Waals surface area (Å²) in [6.45, 7) is 4.19. The van der Waals surface area contributed by atoms with Crippen LogP contribution in [-0.4, -0.2) is 47.9 Å². The van der Waals surface area contributed by atoms with Crippen LogP contribution in [-0.2, 0) is 9.59 Å². The van der Waals surface area contributed by atoms with Crippen LogP contribution in [0, 0.1) is 40.4 Å². The van der Waals surface area contributed by atoms with Gasteiger partial charge in [0, 0.05) is 6.54 Å². The maximum Gasteiger partial charge on any atom is 0.230 e. The van der Waals surface area contributed by atoms with E-state index in [1.54, 1.807) is 0 Å². The highest BCUT2D eigenvalue weighted by atomic mass is 32.1. The predicted molar refractivity (Wildman–Crippen MR) is 118 cm³/mol. The Bertz CT molecular complexity index is 925. The number of nitrogens with one attached hydrogen (secondary N) is 2. The Kier molecular flexibility index (Phi) is 5.57. The minimum atomic E-state index is -0.364. The normalized spacial score (nSPS) is 29.9. The first-order chi connectivity index (χ1) is 15.1. The predicted octanol–water partition coefficient (Wildman–Crippen LogP) is 2.77. The number of aromatic nitrogens is 1. The Hall–Kier alpha value is -2.24. The average Bonchev–Trinajstić information content (AvgIpc) is 3.10. The molecular weight excluding hydrogens is 410 g/mol. The molecule has 4 atom stereocenters. The molecule has 8 heteroatoms. The van der Waals surface area contributed by atoms with Crippen molar-refractivity contribution in [3.05, 3.63) is 23.2 Å². The summed E-state index contributed by atoms with van der Waals surface area (Å²) in [5, 5.41) is 15.4. The summed E-state index contributed by atoms with van der Waals surface area (Å²) in [7, 11) is 0. The van der Waals surface area contributed by atoms with Gasteiger partial charge in [-0.3, -0.25) is 9.59 Å². The quantitative estimate of drug-likeness (QED) is 0.479. The molecule has 7 nitrogen and oxygen atoms in total. The van der Waals surface area contributed by atoms with Gasteiger partial charge in [-0.1, -0.05) is 23.5 Å². The zero-order valence-corrected chi connectivity index (χ0v) is 18.5. The van der Waals surface area contributed by atoms with Gasteiger partial charge in [0.1, 0.15) is 10.9 Å². The number of nitrogens with zero attached hydrogens (tertiary/aromatic N) is 3. The highest BCUT2D eigenvalue weighted by Crippen LogP contribution is 2.72. The molecule has 2 bridgehead atoms. The van der Waals surface area contributed by atoms with Crippen molar-refractivity contribution in [2.45, 2.75) is 38.5 Å². The molecular formula is C23H29N5O2S. The lowest BCUT2D eigenvalue weighted by atomic mass is 9.81. The van der Waals surface area contributed by atoms with Gasteiger partial charge >= 0.3 is 0 Å². The van der Waals surface area contributed by atoms with Crippen molar-refractivity contribution in [3.63, 3.8) is 0 Å². The number of thiazole rings is 1. The van der Waals surface area contributed by atoms with E-state index < -0.39 is 0 Å². The molecule has 2 saturated carbocycles. The molecule has 0 radical (unpaired) electrons. The fraction of sp³-hybridized carbons (Fsp3) is 0.652. The van der Waals surface area contributed by atoms with Crippen molar-refractivity contribution in [1.82, 2.24) is 15.2 Å². The van der Waals surface area contributed by atoms with Crippen LogP contribution in [0.25, 0.3) is 0 Å². The van der Waals surface area contributed by atoms with E-state index in [0.29, 0.717) is 16.6 Å². The molecule has 0 unspecified atom stereocenters. The van der Waals surface area contributed by atoms with Crippen LogP contribution in [0.4, 0.5) is 5.13 Å². The fourth-order valence-electron chi connectivity index (χ4n) is 6.08. The van der Waals surface area contributed by atoms with Crippen molar-refractivity contribution in [3.8, 4) is 6.07 Å². The molecule has 5 rings (SSSR count). The number of nitriles is 1. The summed E-state index contributed by atoms with van der Waals surface area (Å²) in [5.41, 5.74) is 0.112. The lowest BCUT2D eigenvalue weighted by Crippen LogP contribution is -2.42. The summed E-state index contributed by atoms with van der Waals surface area (Å²) in [6.07, 6.45) is 12.7. The molecule has 164 valence electrons. The van der Waals surface area contributed by atoms with Crippen LogP contribution in [0.15, 0.2) is 18.3 Å². The van der Waals surface area contributed by atoms with E-state index in [0.717, 1.165) is 32.2 Å². The zero-order chi connectivity index (χ0) is 21.4. The molecule has 2 N–H and O–H groups in total. The fourth-order valence-corrected chi connectivity index (χ4v) is 6.69. The van der Waals surface area contributed by atoms with Gasteiger partial charge in [0.25, 0.3) is 0 Å². The minimum absolute atomic E-state index is 0.0151. The molecule has 1 saturated heterocycles. The van der Waals surface area contributed by atoms with Gasteiger partial charge in [-0.2, -0.15) is 5.26 Å². The van der Waals surface area contributed by atoms with Gasteiger partial charge in [0.2, 0.25) is 11.8 Å². The summed E-state index contributed by atoms with van der Waals surface area (Å²) >= 11 is 1.17. The highest BCUT2D eigenvalue weighted by molar-refractivity contribution is 7.16. The highest BCUT2D eigenvalue weighted by Gasteiger charge is 2.69. The maximum absolute atomic E-state index is 13.2.